The highest BCUT2D eigenvalue weighted by atomic mass is 19.1. The Morgan fingerprint density at radius 3 is 2.68 bits per heavy atom. The number of aromatic nitrogens is 1. The second-order valence-electron chi connectivity index (χ2n) is 3.98. The number of nitrogens with zero attached hydrogens (tertiary/aromatic N) is 1. The van der Waals surface area contributed by atoms with Gasteiger partial charge in [0.15, 0.2) is 0 Å². The Morgan fingerprint density at radius 1 is 1.26 bits per heavy atom. The summed E-state index contributed by atoms with van der Waals surface area (Å²) in [5.74, 6) is -0.512. The smallest absolute Gasteiger partial charge is 0.255 e. The highest BCUT2D eigenvalue weighted by Crippen LogP contribution is 2.12. The van der Waals surface area contributed by atoms with Gasteiger partial charge < -0.3 is 10.6 Å². The highest BCUT2D eigenvalue weighted by Gasteiger charge is 2.10. The van der Waals surface area contributed by atoms with Gasteiger partial charge in [0.2, 0.25) is 0 Å². The zero-order valence-electron chi connectivity index (χ0n) is 10.5. The van der Waals surface area contributed by atoms with E-state index in [1.165, 1.54) is 18.3 Å². The average molecular weight is 259 g/mol. The predicted octanol–water partition coefficient (Wildman–Crippen LogP) is 2.19. The molecule has 0 bridgehead atoms. The molecule has 98 valence electrons. The molecule has 0 fully saturated rings. The Labute approximate surface area is 110 Å². The minimum Gasteiger partial charge on any atom is -0.387 e. The van der Waals surface area contributed by atoms with Gasteiger partial charge in [0.25, 0.3) is 5.91 Å². The molecule has 2 aromatic rings. The summed E-state index contributed by atoms with van der Waals surface area (Å²) in [5.41, 5.74) is 2.03. The van der Waals surface area contributed by atoms with Crippen molar-refractivity contribution in [3.63, 3.8) is 0 Å². The van der Waals surface area contributed by atoms with Crippen molar-refractivity contribution in [3.8, 4) is 0 Å². The van der Waals surface area contributed by atoms with E-state index in [-0.39, 0.29) is 11.7 Å². The predicted molar refractivity (Wildman–Crippen MR) is 71.4 cm³/mol. The van der Waals surface area contributed by atoms with E-state index in [9.17, 15) is 9.18 Å². The highest BCUT2D eigenvalue weighted by molar-refractivity contribution is 5.99. The van der Waals surface area contributed by atoms with Crippen molar-refractivity contribution in [3.05, 3.63) is 59.7 Å². The molecule has 1 aromatic heterocycles. The van der Waals surface area contributed by atoms with Crippen LogP contribution in [0.4, 0.5) is 10.1 Å². The monoisotopic (exact) mass is 259 g/mol. The maximum Gasteiger partial charge on any atom is 0.255 e. The van der Waals surface area contributed by atoms with Gasteiger partial charge in [-0.05, 0) is 23.8 Å². The van der Waals surface area contributed by atoms with E-state index in [0.29, 0.717) is 17.8 Å². The summed E-state index contributed by atoms with van der Waals surface area (Å²) < 4.78 is 12.7. The fraction of sp³-hybridized carbons (Fsp3) is 0.143. The van der Waals surface area contributed by atoms with Crippen LogP contribution in [0.1, 0.15) is 15.9 Å². The maximum absolute atomic E-state index is 12.7. The number of anilines is 1. The first-order chi connectivity index (χ1) is 9.20. The zero-order valence-corrected chi connectivity index (χ0v) is 10.5. The molecule has 1 aromatic carbocycles. The number of pyridine rings is 1. The van der Waals surface area contributed by atoms with Gasteiger partial charge in [0.05, 0.1) is 5.56 Å². The first-order valence-electron chi connectivity index (χ1n) is 5.85. The molecule has 4 nitrogen and oxygen atoms in total. The van der Waals surface area contributed by atoms with Crippen LogP contribution in [0.2, 0.25) is 0 Å². The molecule has 0 aliphatic rings. The van der Waals surface area contributed by atoms with Crippen LogP contribution in [-0.4, -0.2) is 17.9 Å². The van der Waals surface area contributed by atoms with E-state index in [0.717, 1.165) is 5.56 Å². The van der Waals surface area contributed by atoms with Gasteiger partial charge in [-0.3, -0.25) is 9.78 Å². The Balaban J connectivity index is 2.03. The van der Waals surface area contributed by atoms with E-state index in [4.69, 9.17) is 0 Å². The van der Waals surface area contributed by atoms with Crippen molar-refractivity contribution in [2.75, 3.05) is 12.4 Å². The number of hydrogen-bond donors (Lipinski definition) is 2. The Hall–Kier alpha value is -2.43. The fourth-order valence-electron chi connectivity index (χ4n) is 1.67. The van der Waals surface area contributed by atoms with Crippen LogP contribution < -0.4 is 10.6 Å². The van der Waals surface area contributed by atoms with Gasteiger partial charge in [-0.2, -0.15) is 0 Å². The molecule has 0 saturated heterocycles. The summed E-state index contributed by atoms with van der Waals surface area (Å²) in [5, 5.41) is 5.70. The number of amides is 1. The molecular weight excluding hydrogens is 245 g/mol. The number of nitrogens with one attached hydrogen (secondary N) is 2. The normalized spacial score (nSPS) is 10.0. The summed E-state index contributed by atoms with van der Waals surface area (Å²) >= 11 is 0. The molecule has 2 N–H and O–H groups in total. The lowest BCUT2D eigenvalue weighted by molar-refractivity contribution is 0.0951. The van der Waals surface area contributed by atoms with E-state index < -0.39 is 0 Å². The minimum absolute atomic E-state index is 0.221. The van der Waals surface area contributed by atoms with E-state index in [2.05, 4.69) is 15.6 Å². The van der Waals surface area contributed by atoms with Crippen molar-refractivity contribution in [1.82, 2.24) is 10.3 Å². The molecule has 0 saturated carbocycles. The van der Waals surface area contributed by atoms with Gasteiger partial charge in [-0.15, -0.1) is 0 Å². The molecule has 0 aliphatic heterocycles. The lowest BCUT2D eigenvalue weighted by Gasteiger charge is -2.09. The molecule has 0 spiro atoms. The van der Waals surface area contributed by atoms with Gasteiger partial charge in [-0.1, -0.05) is 12.1 Å². The summed E-state index contributed by atoms with van der Waals surface area (Å²) in [6.45, 7) is 0.344. The largest absolute Gasteiger partial charge is 0.387 e. The molecule has 19 heavy (non-hydrogen) atoms. The third kappa shape index (κ3) is 3.28. The Kier molecular flexibility index (Phi) is 4.07. The molecule has 0 radical (unpaired) electrons. The number of rotatable bonds is 4. The summed E-state index contributed by atoms with van der Waals surface area (Å²) in [7, 11) is 1.74. The third-order valence-electron chi connectivity index (χ3n) is 2.70. The second-order valence-corrected chi connectivity index (χ2v) is 3.98. The van der Waals surface area contributed by atoms with Crippen molar-refractivity contribution >= 4 is 11.6 Å². The molecule has 1 heterocycles. The van der Waals surface area contributed by atoms with Crippen LogP contribution in [0.15, 0.2) is 42.7 Å². The van der Waals surface area contributed by atoms with Crippen LogP contribution >= 0.6 is 0 Å². The molecule has 5 heteroatoms. The van der Waals surface area contributed by atoms with Crippen LogP contribution in [0.5, 0.6) is 0 Å². The summed E-state index contributed by atoms with van der Waals surface area (Å²) in [6.07, 6.45) is 3.12. The van der Waals surface area contributed by atoms with Crippen molar-refractivity contribution in [2.24, 2.45) is 0 Å². The second kappa shape index (κ2) is 5.95. The number of carbonyl (C=O) groups is 1. The van der Waals surface area contributed by atoms with Crippen LogP contribution in [0.25, 0.3) is 0 Å². The lowest BCUT2D eigenvalue weighted by Crippen LogP contribution is -2.23. The number of hydrogen-bond acceptors (Lipinski definition) is 3. The first kappa shape index (κ1) is 13.0. The Morgan fingerprint density at radius 2 is 2.00 bits per heavy atom. The van der Waals surface area contributed by atoms with E-state index in [1.807, 2.05) is 0 Å². The summed E-state index contributed by atoms with van der Waals surface area (Å²) in [4.78, 5) is 15.9. The quantitative estimate of drug-likeness (QED) is 0.885. The SMILES string of the molecule is CNc1ccncc1C(=O)NCc1ccc(F)cc1. The fourth-order valence-corrected chi connectivity index (χ4v) is 1.67. The van der Waals surface area contributed by atoms with E-state index >= 15 is 0 Å². The first-order valence-corrected chi connectivity index (χ1v) is 5.85. The van der Waals surface area contributed by atoms with Crippen LogP contribution in [0, 0.1) is 5.82 Å². The molecule has 2 rings (SSSR count). The van der Waals surface area contributed by atoms with Crippen LogP contribution in [-0.2, 0) is 6.54 Å². The Bertz CT molecular complexity index is 569. The average Bonchev–Trinajstić information content (AvgIpc) is 2.46. The zero-order chi connectivity index (χ0) is 13.7. The van der Waals surface area contributed by atoms with Gasteiger partial charge >= 0.3 is 0 Å². The third-order valence-corrected chi connectivity index (χ3v) is 2.70. The van der Waals surface area contributed by atoms with E-state index in [1.54, 1.807) is 31.4 Å². The van der Waals surface area contributed by atoms with Gasteiger partial charge in [-0.25, -0.2) is 4.39 Å². The summed E-state index contributed by atoms with van der Waals surface area (Å²) in [6, 6.07) is 7.73. The topological polar surface area (TPSA) is 54.0 Å². The van der Waals surface area contributed by atoms with Gasteiger partial charge in [0, 0.05) is 31.7 Å². The lowest BCUT2D eigenvalue weighted by atomic mass is 10.2. The minimum atomic E-state index is -0.292. The van der Waals surface area contributed by atoms with Crippen molar-refractivity contribution in [2.45, 2.75) is 6.54 Å². The number of carbonyl (C=O) groups excluding carboxylic acids is 1. The number of benzene rings is 1. The molecule has 0 unspecified atom stereocenters. The standard InChI is InChI=1S/C14H14FN3O/c1-16-13-6-7-17-9-12(13)14(19)18-8-10-2-4-11(15)5-3-10/h2-7,9H,8H2,1H3,(H,16,17)(H,18,19). The van der Waals surface area contributed by atoms with Crippen LogP contribution in [0.3, 0.4) is 0 Å². The number of halogens is 1. The maximum atomic E-state index is 12.7. The van der Waals surface area contributed by atoms with Crippen molar-refractivity contribution < 1.29 is 9.18 Å². The molecular formula is C14H14FN3O. The molecule has 0 atom stereocenters. The molecule has 0 aliphatic carbocycles. The molecule has 1 amide bonds. The van der Waals surface area contributed by atoms with Crippen molar-refractivity contribution in [1.29, 1.82) is 0 Å². The van der Waals surface area contributed by atoms with Gasteiger partial charge in [0.1, 0.15) is 5.82 Å².